The average Bonchev–Trinajstić information content (AvgIpc) is 2.28. The van der Waals surface area contributed by atoms with Crippen molar-refractivity contribution >= 4 is 16.7 Å². The fourth-order valence-electron chi connectivity index (χ4n) is 2.00. The fourth-order valence-corrected chi connectivity index (χ4v) is 2.00. The Bertz CT molecular complexity index is 528. The Hall–Kier alpha value is -1.87. The maximum atomic E-state index is 10.5. The van der Waals surface area contributed by atoms with Crippen molar-refractivity contribution in [1.82, 2.24) is 0 Å². The van der Waals surface area contributed by atoms with Crippen LogP contribution in [-0.4, -0.2) is 22.3 Å². The van der Waals surface area contributed by atoms with Crippen LogP contribution in [0.5, 0.6) is 0 Å². The van der Waals surface area contributed by atoms with Crippen LogP contribution in [0.25, 0.3) is 10.8 Å². The number of aliphatic hydroxyl groups excluding tert-OH is 1. The molecule has 2 rings (SSSR count). The molecule has 1 atom stereocenters. The third kappa shape index (κ3) is 2.82. The van der Waals surface area contributed by atoms with E-state index in [9.17, 15) is 9.90 Å². The molecule has 0 aliphatic rings. The summed E-state index contributed by atoms with van der Waals surface area (Å²) in [6.07, 6.45) is -0.685. The number of fused-ring (bicyclic) bond motifs is 1. The molecule has 0 amide bonds. The summed E-state index contributed by atoms with van der Waals surface area (Å²) < 4.78 is 0. The van der Waals surface area contributed by atoms with Crippen LogP contribution in [0, 0.1) is 0 Å². The highest BCUT2D eigenvalue weighted by Gasteiger charge is 2.11. The molecule has 3 nitrogen and oxygen atoms in total. The van der Waals surface area contributed by atoms with Gasteiger partial charge in [-0.2, -0.15) is 0 Å². The molecule has 0 bridgehead atoms. The summed E-state index contributed by atoms with van der Waals surface area (Å²) >= 11 is 0. The summed E-state index contributed by atoms with van der Waals surface area (Å²) in [6.45, 7) is 0. The Labute approximate surface area is 99.3 Å². The Morgan fingerprint density at radius 3 is 2.59 bits per heavy atom. The zero-order valence-corrected chi connectivity index (χ0v) is 9.34. The molecule has 0 fully saturated rings. The highest BCUT2D eigenvalue weighted by Crippen LogP contribution is 2.20. The number of rotatable bonds is 4. The van der Waals surface area contributed by atoms with E-state index in [-0.39, 0.29) is 6.42 Å². The van der Waals surface area contributed by atoms with Gasteiger partial charge in [0.2, 0.25) is 0 Å². The molecule has 0 unspecified atom stereocenters. The van der Waals surface area contributed by atoms with Gasteiger partial charge >= 0.3 is 5.97 Å². The SMILES string of the molecule is O=C(O)C[C@@H](O)Cc1cccc2ccccc12. The molecule has 17 heavy (non-hydrogen) atoms. The number of benzene rings is 2. The van der Waals surface area contributed by atoms with E-state index in [2.05, 4.69) is 0 Å². The Morgan fingerprint density at radius 2 is 1.82 bits per heavy atom. The number of hydrogen-bond donors (Lipinski definition) is 2. The largest absolute Gasteiger partial charge is 0.481 e. The van der Waals surface area contributed by atoms with E-state index in [1.54, 1.807) is 0 Å². The molecule has 0 aliphatic carbocycles. The van der Waals surface area contributed by atoms with E-state index in [0.29, 0.717) is 6.42 Å². The van der Waals surface area contributed by atoms with Crippen molar-refractivity contribution in [2.45, 2.75) is 18.9 Å². The van der Waals surface area contributed by atoms with Crippen LogP contribution in [0.4, 0.5) is 0 Å². The van der Waals surface area contributed by atoms with Crippen molar-refractivity contribution in [3.8, 4) is 0 Å². The van der Waals surface area contributed by atoms with E-state index in [0.717, 1.165) is 16.3 Å². The van der Waals surface area contributed by atoms with Crippen LogP contribution in [0.15, 0.2) is 42.5 Å². The number of aliphatic hydroxyl groups is 1. The van der Waals surface area contributed by atoms with Crippen molar-refractivity contribution in [2.24, 2.45) is 0 Å². The first-order valence-electron chi connectivity index (χ1n) is 5.53. The van der Waals surface area contributed by atoms with Gasteiger partial charge in [0, 0.05) is 0 Å². The predicted molar refractivity (Wildman–Crippen MR) is 65.9 cm³/mol. The Balaban J connectivity index is 2.26. The molecule has 0 spiro atoms. The third-order valence-electron chi connectivity index (χ3n) is 2.75. The molecule has 2 aromatic carbocycles. The summed E-state index contributed by atoms with van der Waals surface area (Å²) in [5.74, 6) is -0.974. The van der Waals surface area contributed by atoms with Crippen LogP contribution >= 0.6 is 0 Å². The lowest BCUT2D eigenvalue weighted by atomic mass is 9.99. The van der Waals surface area contributed by atoms with E-state index >= 15 is 0 Å². The zero-order chi connectivity index (χ0) is 12.3. The predicted octanol–water partition coefficient (Wildman–Crippen LogP) is 2.22. The first-order chi connectivity index (χ1) is 8.16. The third-order valence-corrected chi connectivity index (χ3v) is 2.75. The second kappa shape index (κ2) is 4.97. The van der Waals surface area contributed by atoms with Gasteiger partial charge in [-0.25, -0.2) is 0 Å². The van der Waals surface area contributed by atoms with Gasteiger partial charge in [0.05, 0.1) is 12.5 Å². The minimum absolute atomic E-state index is 0.219. The molecule has 2 aromatic rings. The number of hydrogen-bond acceptors (Lipinski definition) is 2. The van der Waals surface area contributed by atoms with Gasteiger partial charge in [0.1, 0.15) is 0 Å². The van der Waals surface area contributed by atoms with Crippen LogP contribution in [-0.2, 0) is 11.2 Å². The van der Waals surface area contributed by atoms with Crippen LogP contribution in [0.3, 0.4) is 0 Å². The lowest BCUT2D eigenvalue weighted by Crippen LogP contribution is -2.15. The standard InChI is InChI=1S/C14H14O3/c15-12(9-14(16)17)8-11-6-3-5-10-4-1-2-7-13(10)11/h1-7,12,15H,8-9H2,(H,16,17)/t12-/m0/s1. The first kappa shape index (κ1) is 11.6. The molecule has 2 N–H and O–H groups in total. The Morgan fingerprint density at radius 1 is 1.12 bits per heavy atom. The second-order valence-electron chi connectivity index (χ2n) is 4.09. The molecule has 0 heterocycles. The fraction of sp³-hybridized carbons (Fsp3) is 0.214. The molecular formula is C14H14O3. The van der Waals surface area contributed by atoms with Crippen molar-refractivity contribution in [3.05, 3.63) is 48.0 Å². The maximum absolute atomic E-state index is 10.5. The normalized spacial score (nSPS) is 12.5. The van der Waals surface area contributed by atoms with Crippen LogP contribution < -0.4 is 0 Å². The van der Waals surface area contributed by atoms with E-state index in [1.165, 1.54) is 0 Å². The topological polar surface area (TPSA) is 57.5 Å². The van der Waals surface area contributed by atoms with Crippen molar-refractivity contribution in [3.63, 3.8) is 0 Å². The first-order valence-corrected chi connectivity index (χ1v) is 5.53. The molecule has 3 heteroatoms. The molecule has 0 saturated carbocycles. The molecule has 0 aliphatic heterocycles. The highest BCUT2D eigenvalue weighted by molar-refractivity contribution is 5.85. The average molecular weight is 230 g/mol. The maximum Gasteiger partial charge on any atom is 0.305 e. The van der Waals surface area contributed by atoms with Crippen molar-refractivity contribution < 1.29 is 15.0 Å². The molecular weight excluding hydrogens is 216 g/mol. The number of carbonyl (C=O) groups is 1. The van der Waals surface area contributed by atoms with Gasteiger partial charge in [-0.05, 0) is 22.8 Å². The van der Waals surface area contributed by atoms with Crippen molar-refractivity contribution in [2.75, 3.05) is 0 Å². The van der Waals surface area contributed by atoms with E-state index in [1.807, 2.05) is 42.5 Å². The van der Waals surface area contributed by atoms with E-state index in [4.69, 9.17) is 5.11 Å². The van der Waals surface area contributed by atoms with E-state index < -0.39 is 12.1 Å². The minimum Gasteiger partial charge on any atom is -0.481 e. The highest BCUT2D eigenvalue weighted by atomic mass is 16.4. The number of aliphatic carboxylic acids is 1. The van der Waals surface area contributed by atoms with Gasteiger partial charge in [0.25, 0.3) is 0 Å². The van der Waals surface area contributed by atoms with Crippen molar-refractivity contribution in [1.29, 1.82) is 0 Å². The summed E-state index contributed by atoms with van der Waals surface area (Å²) in [4.78, 5) is 10.5. The van der Waals surface area contributed by atoms with Gasteiger partial charge in [-0.3, -0.25) is 4.79 Å². The lowest BCUT2D eigenvalue weighted by Gasteiger charge is -2.10. The smallest absolute Gasteiger partial charge is 0.305 e. The molecule has 0 radical (unpaired) electrons. The zero-order valence-electron chi connectivity index (χ0n) is 9.34. The summed E-state index contributed by atoms with van der Waals surface area (Å²) in [5.41, 5.74) is 0.983. The Kier molecular flexibility index (Phi) is 3.40. The van der Waals surface area contributed by atoms with Gasteiger partial charge in [-0.15, -0.1) is 0 Å². The number of carboxylic acid groups (broad SMARTS) is 1. The lowest BCUT2D eigenvalue weighted by molar-refractivity contribution is -0.139. The minimum atomic E-state index is -0.974. The summed E-state index contributed by atoms with van der Waals surface area (Å²) in [7, 11) is 0. The second-order valence-corrected chi connectivity index (χ2v) is 4.09. The van der Waals surface area contributed by atoms with Crippen LogP contribution in [0.1, 0.15) is 12.0 Å². The summed E-state index contributed by atoms with van der Waals surface area (Å²) in [5, 5.41) is 20.4. The molecule has 0 saturated heterocycles. The molecule has 88 valence electrons. The van der Waals surface area contributed by atoms with Gasteiger partial charge < -0.3 is 10.2 Å². The summed E-state index contributed by atoms with van der Waals surface area (Å²) in [6, 6.07) is 13.7. The van der Waals surface area contributed by atoms with Gasteiger partial charge in [0.15, 0.2) is 0 Å². The molecule has 0 aromatic heterocycles. The number of carboxylic acids is 1. The van der Waals surface area contributed by atoms with Gasteiger partial charge in [-0.1, -0.05) is 42.5 Å². The van der Waals surface area contributed by atoms with Crippen LogP contribution in [0.2, 0.25) is 0 Å². The monoisotopic (exact) mass is 230 g/mol. The quantitative estimate of drug-likeness (QED) is 0.846.